The number of ether oxygens (including phenoxy) is 1. The number of nitrogens with one attached hydrogen (secondary N) is 2. The number of carbonyl (C=O) groups is 1. The van der Waals surface area contributed by atoms with Crippen molar-refractivity contribution in [3.05, 3.63) is 72.4 Å². The van der Waals surface area contributed by atoms with Crippen molar-refractivity contribution in [1.29, 1.82) is 0 Å². The topological polar surface area (TPSA) is 83.8 Å². The highest BCUT2D eigenvalue weighted by Gasteiger charge is 2.19. The maximum atomic E-state index is 12.6. The molecule has 0 saturated carbocycles. The Balaban J connectivity index is 1.22. The molecule has 2 N–H and O–H groups in total. The molecule has 8 heteroatoms. The van der Waals surface area contributed by atoms with Crippen LogP contribution in [0.15, 0.2) is 66.9 Å². The van der Waals surface area contributed by atoms with E-state index in [0.29, 0.717) is 17.4 Å². The van der Waals surface area contributed by atoms with Gasteiger partial charge in [0.15, 0.2) is 5.65 Å². The second kappa shape index (κ2) is 10.8. The third kappa shape index (κ3) is 5.33. The molecule has 0 spiro atoms. The highest BCUT2D eigenvalue weighted by Crippen LogP contribution is 2.27. The van der Waals surface area contributed by atoms with Gasteiger partial charge < -0.3 is 20.3 Å². The van der Waals surface area contributed by atoms with Gasteiger partial charge >= 0.3 is 0 Å². The summed E-state index contributed by atoms with van der Waals surface area (Å²) in [5, 5.41) is 10.9. The van der Waals surface area contributed by atoms with Crippen molar-refractivity contribution in [3.8, 4) is 16.9 Å². The lowest BCUT2D eigenvalue weighted by atomic mass is 9.97. The molecule has 1 saturated heterocycles. The lowest BCUT2D eigenvalue weighted by molar-refractivity contribution is 0.0937. The van der Waals surface area contributed by atoms with Gasteiger partial charge in [0.25, 0.3) is 5.91 Å². The van der Waals surface area contributed by atoms with Gasteiger partial charge in [0.1, 0.15) is 5.75 Å². The fraction of sp³-hybridized carbons (Fsp3) is 0.321. The van der Waals surface area contributed by atoms with E-state index in [1.54, 1.807) is 11.6 Å². The first-order valence-corrected chi connectivity index (χ1v) is 12.5. The third-order valence-electron chi connectivity index (χ3n) is 6.87. The number of nitrogens with zero attached hydrogens (tertiary/aromatic N) is 4. The van der Waals surface area contributed by atoms with Crippen LogP contribution >= 0.6 is 0 Å². The first-order chi connectivity index (χ1) is 17.6. The standard InChI is InChI=1S/C28H32N6O2/c1-3-33-17-14-20(15-18-33)19-29-27(35)22-6-10-23(11-7-22)30-28-31-26-25(5-4-16-34(26)32-28)21-8-12-24(36-2)13-9-21/h4-13,16,20H,3,14-15,17-19H2,1-2H3,(H,29,35)(H,30,32). The Morgan fingerprint density at radius 2 is 1.81 bits per heavy atom. The molecule has 1 aliphatic rings. The number of pyridine rings is 1. The summed E-state index contributed by atoms with van der Waals surface area (Å²) in [5.74, 6) is 1.83. The molecule has 2 aromatic carbocycles. The van der Waals surface area contributed by atoms with E-state index in [1.165, 1.54) is 0 Å². The Hall–Kier alpha value is -3.91. The van der Waals surface area contributed by atoms with Crippen LogP contribution in [-0.4, -0.2) is 58.7 Å². The monoisotopic (exact) mass is 484 g/mol. The predicted molar refractivity (Wildman–Crippen MR) is 142 cm³/mol. The van der Waals surface area contributed by atoms with E-state index >= 15 is 0 Å². The SMILES string of the molecule is CCN1CCC(CNC(=O)c2ccc(Nc3nc4c(-c5ccc(OC)cc5)cccn4n3)cc2)CC1. The number of rotatable bonds is 8. The Labute approximate surface area is 211 Å². The fourth-order valence-corrected chi connectivity index (χ4v) is 4.63. The lowest BCUT2D eigenvalue weighted by Crippen LogP contribution is -2.38. The summed E-state index contributed by atoms with van der Waals surface area (Å²) < 4.78 is 7.02. The van der Waals surface area contributed by atoms with Crippen molar-refractivity contribution < 1.29 is 9.53 Å². The number of aromatic nitrogens is 3. The van der Waals surface area contributed by atoms with E-state index in [9.17, 15) is 4.79 Å². The number of methoxy groups -OCH3 is 1. The Morgan fingerprint density at radius 3 is 2.50 bits per heavy atom. The van der Waals surface area contributed by atoms with Crippen LogP contribution in [0.1, 0.15) is 30.1 Å². The summed E-state index contributed by atoms with van der Waals surface area (Å²) in [6.07, 6.45) is 4.16. The minimum absolute atomic E-state index is 0.0329. The molecule has 1 amide bonds. The van der Waals surface area contributed by atoms with Gasteiger partial charge in [0.2, 0.25) is 5.95 Å². The van der Waals surface area contributed by atoms with Gasteiger partial charge in [-0.25, -0.2) is 4.52 Å². The van der Waals surface area contributed by atoms with Crippen molar-refractivity contribution in [2.24, 2.45) is 5.92 Å². The summed E-state index contributed by atoms with van der Waals surface area (Å²) in [5.41, 5.74) is 4.24. The van der Waals surface area contributed by atoms with Crippen LogP contribution in [0.2, 0.25) is 0 Å². The molecule has 36 heavy (non-hydrogen) atoms. The smallest absolute Gasteiger partial charge is 0.251 e. The molecule has 0 radical (unpaired) electrons. The van der Waals surface area contributed by atoms with Gasteiger partial charge in [-0.15, -0.1) is 5.10 Å². The predicted octanol–water partition coefficient (Wildman–Crippen LogP) is 4.61. The third-order valence-corrected chi connectivity index (χ3v) is 6.87. The molecule has 1 fully saturated rings. The zero-order chi connectivity index (χ0) is 24.9. The van der Waals surface area contributed by atoms with E-state index in [4.69, 9.17) is 9.72 Å². The van der Waals surface area contributed by atoms with Gasteiger partial charge in [-0.1, -0.05) is 19.1 Å². The highest BCUT2D eigenvalue weighted by atomic mass is 16.5. The highest BCUT2D eigenvalue weighted by molar-refractivity contribution is 5.94. The van der Waals surface area contributed by atoms with Gasteiger partial charge in [0, 0.05) is 29.6 Å². The quantitative estimate of drug-likeness (QED) is 0.380. The zero-order valence-electron chi connectivity index (χ0n) is 20.8. The van der Waals surface area contributed by atoms with E-state index in [1.807, 2.05) is 66.9 Å². The zero-order valence-corrected chi connectivity index (χ0v) is 20.8. The maximum Gasteiger partial charge on any atom is 0.251 e. The van der Waals surface area contributed by atoms with Crippen LogP contribution < -0.4 is 15.4 Å². The van der Waals surface area contributed by atoms with E-state index in [2.05, 4.69) is 27.6 Å². The summed E-state index contributed by atoms with van der Waals surface area (Å²) >= 11 is 0. The van der Waals surface area contributed by atoms with E-state index in [-0.39, 0.29) is 5.91 Å². The largest absolute Gasteiger partial charge is 0.497 e. The molecule has 5 rings (SSSR count). The Morgan fingerprint density at radius 1 is 1.06 bits per heavy atom. The normalized spacial score (nSPS) is 14.6. The second-order valence-electron chi connectivity index (χ2n) is 9.14. The van der Waals surface area contributed by atoms with Crippen LogP contribution in [0.5, 0.6) is 5.75 Å². The first-order valence-electron chi connectivity index (χ1n) is 12.5. The molecule has 3 heterocycles. The molecule has 1 aliphatic heterocycles. The van der Waals surface area contributed by atoms with Crippen molar-refractivity contribution in [1.82, 2.24) is 24.8 Å². The van der Waals surface area contributed by atoms with Gasteiger partial charge in [-0.2, -0.15) is 4.98 Å². The number of benzene rings is 2. The number of piperidine rings is 1. The Bertz CT molecular complexity index is 1310. The summed E-state index contributed by atoms with van der Waals surface area (Å²) in [4.78, 5) is 19.8. The second-order valence-corrected chi connectivity index (χ2v) is 9.14. The Kier molecular flexibility index (Phi) is 7.13. The fourth-order valence-electron chi connectivity index (χ4n) is 4.63. The number of hydrogen-bond acceptors (Lipinski definition) is 6. The van der Waals surface area contributed by atoms with Crippen LogP contribution in [0.4, 0.5) is 11.6 Å². The average molecular weight is 485 g/mol. The average Bonchev–Trinajstić information content (AvgIpc) is 3.35. The van der Waals surface area contributed by atoms with E-state index < -0.39 is 0 Å². The molecular weight excluding hydrogens is 452 g/mol. The van der Waals surface area contributed by atoms with Crippen LogP contribution in [0.25, 0.3) is 16.8 Å². The molecule has 4 aromatic rings. The number of fused-ring (bicyclic) bond motifs is 1. The molecule has 0 bridgehead atoms. The minimum Gasteiger partial charge on any atom is -0.497 e. The molecule has 186 valence electrons. The van der Waals surface area contributed by atoms with Gasteiger partial charge in [0.05, 0.1) is 7.11 Å². The minimum atomic E-state index is -0.0329. The van der Waals surface area contributed by atoms with Crippen molar-refractivity contribution in [3.63, 3.8) is 0 Å². The van der Waals surface area contributed by atoms with Crippen molar-refractivity contribution in [2.45, 2.75) is 19.8 Å². The molecule has 0 unspecified atom stereocenters. The molecule has 2 aromatic heterocycles. The number of amides is 1. The van der Waals surface area contributed by atoms with E-state index in [0.717, 1.165) is 67.2 Å². The molecule has 0 aliphatic carbocycles. The maximum absolute atomic E-state index is 12.6. The van der Waals surface area contributed by atoms with Gasteiger partial charge in [-0.05, 0) is 92.5 Å². The van der Waals surface area contributed by atoms with Crippen LogP contribution in [0.3, 0.4) is 0 Å². The number of hydrogen-bond donors (Lipinski definition) is 2. The number of anilines is 2. The molecule has 8 nitrogen and oxygen atoms in total. The number of carbonyl (C=O) groups excluding carboxylic acids is 1. The van der Waals surface area contributed by atoms with Gasteiger partial charge in [-0.3, -0.25) is 4.79 Å². The summed E-state index contributed by atoms with van der Waals surface area (Å²) in [6.45, 7) is 6.28. The van der Waals surface area contributed by atoms with Crippen LogP contribution in [0, 0.1) is 5.92 Å². The van der Waals surface area contributed by atoms with Crippen LogP contribution in [-0.2, 0) is 0 Å². The summed E-state index contributed by atoms with van der Waals surface area (Å²) in [6, 6.07) is 19.3. The molecule has 0 atom stereocenters. The molecular formula is C28H32N6O2. The first kappa shape index (κ1) is 23.8. The van der Waals surface area contributed by atoms with Crippen molar-refractivity contribution >= 4 is 23.2 Å². The van der Waals surface area contributed by atoms with Crippen molar-refractivity contribution in [2.75, 3.05) is 38.6 Å². The lowest BCUT2D eigenvalue weighted by Gasteiger charge is -2.31. The summed E-state index contributed by atoms with van der Waals surface area (Å²) in [7, 11) is 1.66. The number of likely N-dealkylation sites (tertiary alicyclic amines) is 1.